The Balaban J connectivity index is 1.49. The van der Waals surface area contributed by atoms with Gasteiger partial charge in [-0.1, -0.05) is 17.7 Å². The van der Waals surface area contributed by atoms with Crippen molar-refractivity contribution in [3.8, 4) is 11.5 Å². The van der Waals surface area contributed by atoms with Gasteiger partial charge in [0.05, 0.1) is 11.6 Å². The Kier molecular flexibility index (Phi) is 5.16. The molecule has 0 spiro atoms. The monoisotopic (exact) mass is 341 g/mol. The van der Waals surface area contributed by atoms with Gasteiger partial charge in [0, 0.05) is 38.0 Å². The van der Waals surface area contributed by atoms with Gasteiger partial charge in [0.15, 0.2) is 0 Å². The van der Waals surface area contributed by atoms with E-state index in [0.717, 1.165) is 11.3 Å². The van der Waals surface area contributed by atoms with E-state index in [0.29, 0.717) is 38.4 Å². The molecule has 2 amide bonds. The number of amides is 2. The summed E-state index contributed by atoms with van der Waals surface area (Å²) in [6.45, 7) is 5.61. The number of carbonyl (C=O) groups excluding carboxylic acids is 2. The first-order valence-electron chi connectivity index (χ1n) is 8.63. The molecule has 0 saturated carbocycles. The number of nitrogens with one attached hydrogen (secondary N) is 1. The van der Waals surface area contributed by atoms with E-state index in [2.05, 4.69) is 10.3 Å². The van der Waals surface area contributed by atoms with Gasteiger partial charge < -0.3 is 14.6 Å². The molecule has 2 heterocycles. The van der Waals surface area contributed by atoms with Gasteiger partial charge in [-0.15, -0.1) is 0 Å². The molecule has 1 fully saturated rings. The van der Waals surface area contributed by atoms with Crippen molar-refractivity contribution in [2.24, 2.45) is 5.92 Å². The van der Waals surface area contributed by atoms with Crippen LogP contribution in [0.2, 0.25) is 0 Å². The zero-order valence-electron chi connectivity index (χ0n) is 14.6. The minimum Gasteiger partial charge on any atom is -0.444 e. The van der Waals surface area contributed by atoms with Crippen molar-refractivity contribution in [3.05, 3.63) is 41.8 Å². The molecule has 2 aromatic rings. The zero-order chi connectivity index (χ0) is 17.8. The van der Waals surface area contributed by atoms with Crippen LogP contribution in [0.25, 0.3) is 11.5 Å². The topological polar surface area (TPSA) is 75.4 Å². The van der Waals surface area contributed by atoms with E-state index < -0.39 is 0 Å². The number of aryl methyl sites for hydroxylation is 1. The number of hydrogen-bond acceptors (Lipinski definition) is 4. The van der Waals surface area contributed by atoms with Crippen molar-refractivity contribution in [1.82, 2.24) is 15.2 Å². The van der Waals surface area contributed by atoms with Crippen LogP contribution >= 0.6 is 0 Å². The maximum atomic E-state index is 12.2. The molecular formula is C19H23N3O3. The fourth-order valence-corrected chi connectivity index (χ4v) is 2.96. The smallest absolute Gasteiger partial charge is 0.226 e. The van der Waals surface area contributed by atoms with Gasteiger partial charge >= 0.3 is 0 Å². The summed E-state index contributed by atoms with van der Waals surface area (Å²) in [7, 11) is 0. The van der Waals surface area contributed by atoms with Gasteiger partial charge in [-0.25, -0.2) is 4.98 Å². The summed E-state index contributed by atoms with van der Waals surface area (Å²) in [4.78, 5) is 30.0. The summed E-state index contributed by atoms with van der Waals surface area (Å²) in [5.41, 5.74) is 2.92. The minimum atomic E-state index is -0.243. The van der Waals surface area contributed by atoms with Crippen molar-refractivity contribution < 1.29 is 14.0 Å². The largest absolute Gasteiger partial charge is 0.444 e. The van der Waals surface area contributed by atoms with Crippen molar-refractivity contribution in [2.75, 3.05) is 19.6 Å². The second-order valence-electron chi connectivity index (χ2n) is 6.38. The fraction of sp³-hybridized carbons (Fsp3) is 0.421. The number of nitrogens with zero attached hydrogens (tertiary/aromatic N) is 2. The molecule has 3 rings (SSSR count). The number of benzene rings is 1. The molecule has 1 aromatic heterocycles. The molecule has 0 unspecified atom stereocenters. The molecule has 1 aliphatic heterocycles. The number of hydrogen-bond donors (Lipinski definition) is 1. The van der Waals surface area contributed by atoms with Crippen molar-refractivity contribution in [2.45, 2.75) is 26.7 Å². The van der Waals surface area contributed by atoms with E-state index in [9.17, 15) is 9.59 Å². The Morgan fingerprint density at radius 2 is 2.12 bits per heavy atom. The van der Waals surface area contributed by atoms with Crippen molar-refractivity contribution >= 4 is 11.8 Å². The second kappa shape index (κ2) is 7.51. The minimum absolute atomic E-state index is 0.0573. The predicted molar refractivity (Wildman–Crippen MR) is 93.8 cm³/mol. The van der Waals surface area contributed by atoms with Crippen LogP contribution in [-0.2, 0) is 16.0 Å². The molecule has 25 heavy (non-hydrogen) atoms. The zero-order valence-corrected chi connectivity index (χ0v) is 14.6. The predicted octanol–water partition coefficient (Wildman–Crippen LogP) is 2.18. The van der Waals surface area contributed by atoms with E-state index in [1.165, 1.54) is 5.56 Å². The van der Waals surface area contributed by atoms with E-state index in [1.54, 1.807) is 11.2 Å². The highest BCUT2D eigenvalue weighted by Gasteiger charge is 2.33. The molecule has 0 aliphatic carbocycles. The van der Waals surface area contributed by atoms with E-state index in [1.807, 2.05) is 38.1 Å². The average Bonchev–Trinajstić information content (AvgIpc) is 3.22. The normalized spacial score (nSPS) is 17.1. The van der Waals surface area contributed by atoms with E-state index in [4.69, 9.17) is 4.42 Å². The first-order chi connectivity index (χ1) is 12.1. The van der Waals surface area contributed by atoms with Crippen LogP contribution < -0.4 is 5.32 Å². The molecule has 0 bridgehead atoms. The van der Waals surface area contributed by atoms with Gasteiger partial charge in [0.25, 0.3) is 0 Å². The van der Waals surface area contributed by atoms with Crippen LogP contribution in [0.1, 0.15) is 24.6 Å². The van der Waals surface area contributed by atoms with Crippen LogP contribution in [0.15, 0.2) is 34.9 Å². The highest BCUT2D eigenvalue weighted by molar-refractivity contribution is 5.89. The van der Waals surface area contributed by atoms with Crippen molar-refractivity contribution in [1.29, 1.82) is 0 Å². The summed E-state index contributed by atoms with van der Waals surface area (Å²) < 4.78 is 5.52. The lowest BCUT2D eigenvalue weighted by Gasteiger charge is -2.13. The van der Waals surface area contributed by atoms with Crippen LogP contribution in [-0.4, -0.2) is 41.3 Å². The molecule has 1 aromatic carbocycles. The number of aromatic nitrogens is 1. The fourth-order valence-electron chi connectivity index (χ4n) is 2.96. The summed E-state index contributed by atoms with van der Waals surface area (Å²) in [5, 5.41) is 2.90. The van der Waals surface area contributed by atoms with E-state index in [-0.39, 0.29) is 17.7 Å². The Bertz CT molecular complexity index is 752. The SMILES string of the molecule is CCN1C[C@@H](C(=O)NCCc2coc(-c3ccc(C)cc3)n2)CC1=O. The van der Waals surface area contributed by atoms with E-state index >= 15 is 0 Å². The molecule has 6 heteroatoms. The first-order valence-corrected chi connectivity index (χ1v) is 8.63. The number of carbonyl (C=O) groups is 2. The third kappa shape index (κ3) is 4.07. The quantitative estimate of drug-likeness (QED) is 0.874. The Morgan fingerprint density at radius 1 is 1.36 bits per heavy atom. The lowest BCUT2D eigenvalue weighted by molar-refractivity contribution is -0.128. The van der Waals surface area contributed by atoms with Gasteiger partial charge in [0.2, 0.25) is 17.7 Å². The average molecular weight is 341 g/mol. The maximum absolute atomic E-state index is 12.2. The van der Waals surface area contributed by atoms with Crippen LogP contribution in [0.5, 0.6) is 0 Å². The number of likely N-dealkylation sites (tertiary alicyclic amines) is 1. The maximum Gasteiger partial charge on any atom is 0.226 e. The Hall–Kier alpha value is -2.63. The molecule has 1 aliphatic rings. The summed E-state index contributed by atoms with van der Waals surface area (Å²) in [6.07, 6.45) is 2.53. The first kappa shape index (κ1) is 17.2. The molecule has 6 nitrogen and oxygen atoms in total. The number of oxazole rings is 1. The molecular weight excluding hydrogens is 318 g/mol. The van der Waals surface area contributed by atoms with Gasteiger partial charge in [-0.05, 0) is 26.0 Å². The summed E-state index contributed by atoms with van der Waals surface area (Å²) in [6, 6.07) is 7.98. The molecule has 1 atom stereocenters. The molecule has 0 radical (unpaired) electrons. The van der Waals surface area contributed by atoms with Gasteiger partial charge in [-0.2, -0.15) is 0 Å². The lowest BCUT2D eigenvalue weighted by atomic mass is 10.1. The Labute approximate surface area is 147 Å². The van der Waals surface area contributed by atoms with Gasteiger partial charge in [0.1, 0.15) is 6.26 Å². The third-order valence-electron chi connectivity index (χ3n) is 4.50. The summed E-state index contributed by atoms with van der Waals surface area (Å²) in [5.74, 6) is 0.336. The highest BCUT2D eigenvalue weighted by atomic mass is 16.3. The molecule has 1 N–H and O–H groups in total. The lowest BCUT2D eigenvalue weighted by Crippen LogP contribution is -2.34. The third-order valence-corrected chi connectivity index (χ3v) is 4.50. The standard InChI is InChI=1S/C19H23N3O3/c1-3-22-11-15(10-17(22)23)18(24)20-9-8-16-12-25-19(21-16)14-6-4-13(2)5-7-14/h4-7,12,15H,3,8-11H2,1-2H3,(H,20,24)/t15-/m0/s1. The second-order valence-corrected chi connectivity index (χ2v) is 6.38. The van der Waals surface area contributed by atoms with Crippen LogP contribution in [0.4, 0.5) is 0 Å². The van der Waals surface area contributed by atoms with Crippen molar-refractivity contribution in [3.63, 3.8) is 0 Å². The molecule has 1 saturated heterocycles. The van der Waals surface area contributed by atoms with Gasteiger partial charge in [-0.3, -0.25) is 9.59 Å². The number of rotatable bonds is 6. The van der Waals surface area contributed by atoms with Crippen LogP contribution in [0, 0.1) is 12.8 Å². The summed E-state index contributed by atoms with van der Waals surface area (Å²) >= 11 is 0. The molecule has 132 valence electrons. The highest BCUT2D eigenvalue weighted by Crippen LogP contribution is 2.19. The van der Waals surface area contributed by atoms with Crippen LogP contribution in [0.3, 0.4) is 0 Å². The Morgan fingerprint density at radius 3 is 2.80 bits per heavy atom.